The van der Waals surface area contributed by atoms with Crippen molar-refractivity contribution in [3.63, 3.8) is 0 Å². The quantitative estimate of drug-likeness (QED) is 0.314. The van der Waals surface area contributed by atoms with E-state index < -0.39 is 24.1 Å². The van der Waals surface area contributed by atoms with Crippen molar-refractivity contribution in [1.29, 1.82) is 0 Å². The number of anilines is 2. The van der Waals surface area contributed by atoms with Crippen LogP contribution in [0.15, 0.2) is 49.1 Å². The van der Waals surface area contributed by atoms with Crippen LogP contribution in [0.2, 0.25) is 5.02 Å². The Morgan fingerprint density at radius 1 is 1.25 bits per heavy atom. The van der Waals surface area contributed by atoms with Crippen LogP contribution < -0.4 is 10.6 Å². The number of nitrogens with zero attached hydrogens (tertiary/aromatic N) is 3. The molecule has 10 nitrogen and oxygen atoms in total. The number of benzene rings is 1. The fourth-order valence-corrected chi connectivity index (χ4v) is 5.14. The van der Waals surface area contributed by atoms with E-state index in [-0.39, 0.29) is 22.5 Å². The Bertz CT molecular complexity index is 1450. The summed E-state index contributed by atoms with van der Waals surface area (Å²) in [6.45, 7) is 5.97. The standard InChI is InChI=1S/C28H30ClFN6O4/c1-15-5-4-6-22(36-12-10-23(40-28(36)38)25-24(30)19(29)9-11-31-25)26-32-14-21(34-26)18-8-7-17(33-16(2)39-3)13-20(18)35-27(15)37/h7-9,11,13-15,22-23,33H,2,4-6,10,12H2,1,3H3,(H,32,34)(H,35,37)/t15-,22+,23-/m1/s1. The van der Waals surface area contributed by atoms with Gasteiger partial charge in [0.25, 0.3) is 0 Å². The van der Waals surface area contributed by atoms with Crippen LogP contribution in [-0.2, 0) is 14.3 Å². The molecule has 0 saturated carbocycles. The predicted octanol–water partition coefficient (Wildman–Crippen LogP) is 6.18. The van der Waals surface area contributed by atoms with Gasteiger partial charge in [0.1, 0.15) is 11.5 Å². The number of cyclic esters (lactones) is 1. The largest absolute Gasteiger partial charge is 0.483 e. The van der Waals surface area contributed by atoms with Crippen LogP contribution in [0.1, 0.15) is 56.3 Å². The summed E-state index contributed by atoms with van der Waals surface area (Å²) in [5.41, 5.74) is 2.71. The van der Waals surface area contributed by atoms with E-state index in [0.717, 1.165) is 5.56 Å². The Morgan fingerprint density at radius 3 is 2.85 bits per heavy atom. The fraction of sp³-hybridized carbons (Fsp3) is 0.357. The smallest absolute Gasteiger partial charge is 0.411 e. The molecule has 2 aliphatic heterocycles. The maximum atomic E-state index is 14.6. The zero-order valence-electron chi connectivity index (χ0n) is 22.2. The van der Waals surface area contributed by atoms with Crippen molar-refractivity contribution in [2.45, 2.75) is 44.8 Å². The zero-order valence-corrected chi connectivity index (χ0v) is 22.9. The molecule has 0 unspecified atom stereocenters. The highest BCUT2D eigenvalue weighted by Gasteiger charge is 2.37. The van der Waals surface area contributed by atoms with E-state index in [1.165, 1.54) is 19.4 Å². The molecule has 2 bridgehead atoms. The molecule has 3 N–H and O–H groups in total. The number of fused-ring (bicyclic) bond motifs is 4. The van der Waals surface area contributed by atoms with Crippen LogP contribution in [0.4, 0.5) is 20.6 Å². The number of nitrogens with one attached hydrogen (secondary N) is 3. The Hall–Kier alpha value is -4.12. The second-order valence-electron chi connectivity index (χ2n) is 9.88. The highest BCUT2D eigenvalue weighted by molar-refractivity contribution is 6.30. The molecule has 40 heavy (non-hydrogen) atoms. The number of H-pyrrole nitrogens is 1. The number of methoxy groups -OCH3 is 1. The fourth-order valence-electron chi connectivity index (χ4n) is 4.99. The first-order valence-corrected chi connectivity index (χ1v) is 13.4. The van der Waals surface area contributed by atoms with Crippen LogP contribution in [0.25, 0.3) is 11.3 Å². The highest BCUT2D eigenvalue weighted by Crippen LogP contribution is 2.37. The number of imidazole rings is 1. The van der Waals surface area contributed by atoms with Gasteiger partial charge in [0.15, 0.2) is 17.8 Å². The first kappa shape index (κ1) is 27.4. The number of aromatic amines is 1. The van der Waals surface area contributed by atoms with Crippen molar-refractivity contribution in [2.24, 2.45) is 5.92 Å². The van der Waals surface area contributed by atoms with Gasteiger partial charge in [-0.1, -0.05) is 24.9 Å². The molecule has 2 aromatic heterocycles. The molecule has 0 radical (unpaired) electrons. The Kier molecular flexibility index (Phi) is 7.92. The summed E-state index contributed by atoms with van der Waals surface area (Å²) in [4.78, 5) is 39.9. The molecule has 0 aliphatic carbocycles. The van der Waals surface area contributed by atoms with Gasteiger partial charge < -0.3 is 25.1 Å². The average Bonchev–Trinajstić information content (AvgIpc) is 3.42. The normalized spacial score (nSPS) is 21.3. The number of hydrogen-bond donors (Lipinski definition) is 3. The number of hydrogen-bond acceptors (Lipinski definition) is 7. The lowest BCUT2D eigenvalue weighted by molar-refractivity contribution is -0.119. The minimum absolute atomic E-state index is 0.0128. The van der Waals surface area contributed by atoms with Gasteiger partial charge >= 0.3 is 6.09 Å². The highest BCUT2D eigenvalue weighted by atomic mass is 35.5. The van der Waals surface area contributed by atoms with Gasteiger partial charge in [-0.3, -0.25) is 14.7 Å². The van der Waals surface area contributed by atoms with Crippen molar-refractivity contribution >= 4 is 35.0 Å². The minimum atomic E-state index is -0.839. The third kappa shape index (κ3) is 5.60. The molecular formula is C28H30ClFN6O4. The van der Waals surface area contributed by atoms with E-state index in [1.54, 1.807) is 17.2 Å². The summed E-state index contributed by atoms with van der Waals surface area (Å²) in [5, 5.41) is 6.01. The topological polar surface area (TPSA) is 121 Å². The summed E-state index contributed by atoms with van der Waals surface area (Å²) in [6, 6.07) is 6.43. The molecule has 5 rings (SSSR count). The molecule has 1 saturated heterocycles. The van der Waals surface area contributed by atoms with Gasteiger partial charge in [-0.2, -0.15) is 0 Å². The number of pyridine rings is 1. The third-order valence-corrected chi connectivity index (χ3v) is 7.52. The lowest BCUT2D eigenvalue weighted by atomic mass is 9.98. The molecular weight excluding hydrogens is 539 g/mol. The molecule has 1 fully saturated rings. The Labute approximate surface area is 235 Å². The van der Waals surface area contributed by atoms with Crippen LogP contribution in [-0.4, -0.2) is 45.5 Å². The van der Waals surface area contributed by atoms with Crippen molar-refractivity contribution in [3.05, 3.63) is 71.5 Å². The monoisotopic (exact) mass is 568 g/mol. The van der Waals surface area contributed by atoms with Crippen LogP contribution >= 0.6 is 11.6 Å². The molecule has 1 aromatic carbocycles. The summed E-state index contributed by atoms with van der Waals surface area (Å²) in [5.74, 6) is -0.110. The number of ether oxygens (including phenoxy) is 2. The van der Waals surface area contributed by atoms with Gasteiger partial charge in [-0.05, 0) is 43.7 Å². The molecule has 12 heteroatoms. The maximum Gasteiger partial charge on any atom is 0.411 e. The van der Waals surface area contributed by atoms with E-state index in [9.17, 15) is 14.0 Å². The number of aromatic nitrogens is 3. The van der Waals surface area contributed by atoms with E-state index in [2.05, 4.69) is 32.2 Å². The molecule has 3 atom stereocenters. The second-order valence-corrected chi connectivity index (χ2v) is 10.3. The van der Waals surface area contributed by atoms with E-state index >= 15 is 0 Å². The lowest BCUT2D eigenvalue weighted by Gasteiger charge is -2.36. The predicted molar refractivity (Wildman–Crippen MR) is 148 cm³/mol. The maximum absolute atomic E-state index is 14.6. The summed E-state index contributed by atoms with van der Waals surface area (Å²) < 4.78 is 25.3. The Balaban J connectivity index is 1.44. The van der Waals surface area contributed by atoms with Crippen molar-refractivity contribution < 1.29 is 23.5 Å². The number of halogens is 2. The third-order valence-electron chi connectivity index (χ3n) is 7.23. The molecule has 2 amide bonds. The van der Waals surface area contributed by atoms with Crippen molar-refractivity contribution in [2.75, 3.05) is 24.3 Å². The molecule has 0 spiro atoms. The first-order valence-electron chi connectivity index (χ1n) is 13.0. The van der Waals surface area contributed by atoms with Gasteiger partial charge in [-0.25, -0.2) is 14.2 Å². The van der Waals surface area contributed by atoms with Crippen LogP contribution in [0.3, 0.4) is 0 Å². The molecule has 210 valence electrons. The van der Waals surface area contributed by atoms with E-state index in [0.29, 0.717) is 61.0 Å². The zero-order chi connectivity index (χ0) is 28.4. The molecule has 2 aliphatic rings. The number of carbonyl (C=O) groups is 2. The van der Waals surface area contributed by atoms with Gasteiger partial charge in [0.05, 0.1) is 35.8 Å². The summed E-state index contributed by atoms with van der Waals surface area (Å²) in [6.07, 6.45) is 3.80. The van der Waals surface area contributed by atoms with Crippen LogP contribution in [0, 0.1) is 11.7 Å². The van der Waals surface area contributed by atoms with Gasteiger partial charge in [0.2, 0.25) is 5.91 Å². The molecule has 3 aromatic rings. The summed E-state index contributed by atoms with van der Waals surface area (Å²) in [7, 11) is 1.51. The van der Waals surface area contributed by atoms with E-state index in [4.69, 9.17) is 21.1 Å². The van der Waals surface area contributed by atoms with Gasteiger partial charge in [0, 0.05) is 36.3 Å². The lowest BCUT2D eigenvalue weighted by Crippen LogP contribution is -2.42. The average molecular weight is 569 g/mol. The summed E-state index contributed by atoms with van der Waals surface area (Å²) >= 11 is 5.91. The number of amides is 2. The van der Waals surface area contributed by atoms with Crippen molar-refractivity contribution in [1.82, 2.24) is 19.9 Å². The number of carbonyl (C=O) groups excluding carboxylic acids is 2. The second kappa shape index (κ2) is 11.5. The minimum Gasteiger partial charge on any atom is -0.483 e. The van der Waals surface area contributed by atoms with E-state index in [1.807, 2.05) is 19.1 Å². The SMILES string of the molecule is C=C(Nc1ccc2c(c1)NC(=O)[C@H](C)CCC[C@H](N1CC[C@H](c3nccc(Cl)c3F)OC1=O)c1ncc-2[nH]1)OC. The Morgan fingerprint density at radius 2 is 2.08 bits per heavy atom. The first-order chi connectivity index (χ1) is 19.2. The van der Waals surface area contributed by atoms with Crippen LogP contribution in [0.5, 0.6) is 0 Å². The van der Waals surface area contributed by atoms with Gasteiger partial charge in [-0.15, -0.1) is 0 Å². The number of rotatable bonds is 5. The molecule has 4 heterocycles. The van der Waals surface area contributed by atoms with Crippen molar-refractivity contribution in [3.8, 4) is 11.3 Å².